The van der Waals surface area contributed by atoms with Gasteiger partial charge in [-0.2, -0.15) is 0 Å². The van der Waals surface area contributed by atoms with Crippen LogP contribution in [0.5, 0.6) is 11.5 Å². The third-order valence-corrected chi connectivity index (χ3v) is 5.48. The molecule has 1 aliphatic rings. The average Bonchev–Trinajstić information content (AvgIpc) is 3.19. The molecule has 0 saturated carbocycles. The fourth-order valence-corrected chi connectivity index (χ4v) is 3.66. The highest BCUT2D eigenvalue weighted by Gasteiger charge is 2.37. The molecule has 8 nitrogen and oxygen atoms in total. The molecule has 2 N–H and O–H groups in total. The van der Waals surface area contributed by atoms with Crippen molar-refractivity contribution in [2.24, 2.45) is 11.8 Å². The standard InChI is InChI=1S/C24H29N3O5/c1-15(2)22(24(30)25-19-11-10-18(31-3)13-20(19)32-4)26-23(29)16-12-21(28)27(14-16)17-8-6-5-7-9-17/h5-11,13,15-16,22H,12,14H2,1-4H3,(H,25,30)(H,26,29)/t16-,22+/m1/s1. The molecule has 0 unspecified atom stereocenters. The summed E-state index contributed by atoms with van der Waals surface area (Å²) in [5.41, 5.74) is 1.24. The Balaban J connectivity index is 1.68. The number of carbonyl (C=O) groups is 3. The smallest absolute Gasteiger partial charge is 0.247 e. The Morgan fingerprint density at radius 1 is 1.06 bits per heavy atom. The summed E-state index contributed by atoms with van der Waals surface area (Å²) >= 11 is 0. The average molecular weight is 440 g/mol. The lowest BCUT2D eigenvalue weighted by Gasteiger charge is -2.24. The van der Waals surface area contributed by atoms with Gasteiger partial charge in [-0.3, -0.25) is 14.4 Å². The fraction of sp³-hybridized carbons (Fsp3) is 0.375. The normalized spacial score (nSPS) is 16.6. The molecule has 0 aromatic heterocycles. The van der Waals surface area contributed by atoms with Crippen LogP contribution in [0, 0.1) is 11.8 Å². The third kappa shape index (κ3) is 5.19. The zero-order valence-corrected chi connectivity index (χ0v) is 18.8. The molecule has 2 atom stereocenters. The summed E-state index contributed by atoms with van der Waals surface area (Å²) in [7, 11) is 3.05. The Morgan fingerprint density at radius 3 is 2.41 bits per heavy atom. The van der Waals surface area contributed by atoms with Gasteiger partial charge in [0.1, 0.15) is 17.5 Å². The molecule has 3 amide bonds. The van der Waals surface area contributed by atoms with E-state index < -0.39 is 12.0 Å². The Labute approximate surface area is 187 Å². The van der Waals surface area contributed by atoms with Crippen LogP contribution in [-0.4, -0.2) is 44.5 Å². The van der Waals surface area contributed by atoms with E-state index in [-0.39, 0.29) is 36.6 Å². The number of methoxy groups -OCH3 is 2. The van der Waals surface area contributed by atoms with Crippen molar-refractivity contribution in [1.82, 2.24) is 5.32 Å². The summed E-state index contributed by atoms with van der Waals surface area (Å²) < 4.78 is 10.5. The first kappa shape index (κ1) is 23.1. The van der Waals surface area contributed by atoms with Crippen LogP contribution in [0.1, 0.15) is 20.3 Å². The number of amides is 3. The van der Waals surface area contributed by atoms with E-state index in [0.717, 1.165) is 5.69 Å². The van der Waals surface area contributed by atoms with Crippen molar-refractivity contribution in [2.45, 2.75) is 26.3 Å². The van der Waals surface area contributed by atoms with Crippen LogP contribution in [0.3, 0.4) is 0 Å². The second kappa shape index (κ2) is 10.2. The van der Waals surface area contributed by atoms with Gasteiger partial charge in [-0.25, -0.2) is 0 Å². The van der Waals surface area contributed by atoms with Crippen LogP contribution in [0.15, 0.2) is 48.5 Å². The molecule has 1 fully saturated rings. The largest absolute Gasteiger partial charge is 0.497 e. The van der Waals surface area contributed by atoms with Gasteiger partial charge >= 0.3 is 0 Å². The molecule has 8 heteroatoms. The van der Waals surface area contributed by atoms with Crippen molar-refractivity contribution in [3.8, 4) is 11.5 Å². The first-order valence-corrected chi connectivity index (χ1v) is 10.5. The van der Waals surface area contributed by atoms with E-state index in [1.54, 1.807) is 30.2 Å². The number of nitrogens with one attached hydrogen (secondary N) is 2. The highest BCUT2D eigenvalue weighted by Crippen LogP contribution is 2.29. The lowest BCUT2D eigenvalue weighted by atomic mass is 10.0. The summed E-state index contributed by atoms with van der Waals surface area (Å²) in [5, 5.41) is 5.66. The first-order valence-electron chi connectivity index (χ1n) is 10.5. The molecule has 1 aliphatic heterocycles. The van der Waals surface area contributed by atoms with Crippen molar-refractivity contribution in [2.75, 3.05) is 31.0 Å². The Hall–Kier alpha value is -3.55. The summed E-state index contributed by atoms with van der Waals surface area (Å²) in [4.78, 5) is 40.0. The number of benzene rings is 2. The molecule has 2 aromatic rings. The molecule has 170 valence electrons. The molecule has 3 rings (SSSR count). The predicted octanol–water partition coefficient (Wildman–Crippen LogP) is 2.84. The maximum absolute atomic E-state index is 13.0. The molecule has 1 heterocycles. The summed E-state index contributed by atoms with van der Waals surface area (Å²) in [5.74, 6) is -0.412. The van der Waals surface area contributed by atoms with E-state index in [4.69, 9.17) is 9.47 Å². The summed E-state index contributed by atoms with van der Waals surface area (Å²) in [6.07, 6.45) is 0.111. The van der Waals surface area contributed by atoms with Crippen molar-refractivity contribution in [3.63, 3.8) is 0 Å². The van der Waals surface area contributed by atoms with E-state index in [2.05, 4.69) is 10.6 Å². The minimum absolute atomic E-state index is 0.107. The van der Waals surface area contributed by atoms with Gasteiger partial charge in [-0.05, 0) is 30.2 Å². The lowest BCUT2D eigenvalue weighted by molar-refractivity contribution is -0.130. The van der Waals surface area contributed by atoms with Gasteiger partial charge in [0.25, 0.3) is 0 Å². The van der Waals surface area contributed by atoms with Gasteiger partial charge < -0.3 is 25.0 Å². The topological polar surface area (TPSA) is 97.0 Å². The number of nitrogens with zero attached hydrogens (tertiary/aromatic N) is 1. The van der Waals surface area contributed by atoms with Crippen LogP contribution in [0.2, 0.25) is 0 Å². The molecular formula is C24H29N3O5. The number of hydrogen-bond donors (Lipinski definition) is 2. The number of para-hydroxylation sites is 1. The van der Waals surface area contributed by atoms with E-state index in [1.807, 2.05) is 44.2 Å². The van der Waals surface area contributed by atoms with Crippen LogP contribution < -0.4 is 25.0 Å². The quantitative estimate of drug-likeness (QED) is 0.659. The zero-order valence-electron chi connectivity index (χ0n) is 18.8. The summed E-state index contributed by atoms with van der Waals surface area (Å²) in [6, 6.07) is 13.5. The Morgan fingerprint density at radius 2 is 1.78 bits per heavy atom. The van der Waals surface area contributed by atoms with E-state index in [1.165, 1.54) is 7.11 Å². The van der Waals surface area contributed by atoms with Gasteiger partial charge in [0.05, 0.1) is 25.8 Å². The van der Waals surface area contributed by atoms with Crippen molar-refractivity contribution in [1.29, 1.82) is 0 Å². The van der Waals surface area contributed by atoms with Gasteiger partial charge in [-0.1, -0.05) is 32.0 Å². The van der Waals surface area contributed by atoms with E-state index in [0.29, 0.717) is 17.2 Å². The van der Waals surface area contributed by atoms with Crippen molar-refractivity contribution >= 4 is 29.1 Å². The van der Waals surface area contributed by atoms with E-state index >= 15 is 0 Å². The lowest BCUT2D eigenvalue weighted by Crippen LogP contribution is -2.49. The van der Waals surface area contributed by atoms with Crippen LogP contribution in [0.4, 0.5) is 11.4 Å². The first-order chi connectivity index (χ1) is 15.3. The molecule has 0 spiro atoms. The second-order valence-corrected chi connectivity index (χ2v) is 8.03. The Bertz CT molecular complexity index is 977. The molecule has 2 aromatic carbocycles. The van der Waals surface area contributed by atoms with Gasteiger partial charge in [0.15, 0.2) is 0 Å². The number of hydrogen-bond acceptors (Lipinski definition) is 5. The van der Waals surface area contributed by atoms with E-state index in [9.17, 15) is 14.4 Å². The molecule has 0 bridgehead atoms. The molecule has 1 saturated heterocycles. The molecular weight excluding hydrogens is 410 g/mol. The fourth-order valence-electron chi connectivity index (χ4n) is 3.66. The minimum atomic E-state index is -0.768. The molecule has 0 aliphatic carbocycles. The number of rotatable bonds is 8. The third-order valence-electron chi connectivity index (χ3n) is 5.48. The maximum atomic E-state index is 13.0. The van der Waals surface area contributed by atoms with Gasteiger partial charge in [0, 0.05) is 24.7 Å². The van der Waals surface area contributed by atoms with Crippen LogP contribution >= 0.6 is 0 Å². The van der Waals surface area contributed by atoms with Crippen molar-refractivity contribution < 1.29 is 23.9 Å². The SMILES string of the molecule is COc1ccc(NC(=O)[C@@H](NC(=O)[C@@H]2CC(=O)N(c3ccccc3)C2)C(C)C)c(OC)c1. The van der Waals surface area contributed by atoms with Gasteiger partial charge in [0.2, 0.25) is 17.7 Å². The monoisotopic (exact) mass is 439 g/mol. The summed E-state index contributed by atoms with van der Waals surface area (Å²) in [6.45, 7) is 3.99. The number of ether oxygens (including phenoxy) is 2. The van der Waals surface area contributed by atoms with Crippen molar-refractivity contribution in [3.05, 3.63) is 48.5 Å². The highest BCUT2D eigenvalue weighted by atomic mass is 16.5. The van der Waals surface area contributed by atoms with Crippen LogP contribution in [0.25, 0.3) is 0 Å². The Kier molecular flexibility index (Phi) is 7.35. The predicted molar refractivity (Wildman–Crippen MR) is 122 cm³/mol. The molecule has 32 heavy (non-hydrogen) atoms. The van der Waals surface area contributed by atoms with Gasteiger partial charge in [-0.15, -0.1) is 0 Å². The molecule has 0 radical (unpaired) electrons. The number of anilines is 2. The highest BCUT2D eigenvalue weighted by molar-refractivity contribution is 6.02. The maximum Gasteiger partial charge on any atom is 0.247 e. The second-order valence-electron chi connectivity index (χ2n) is 8.03. The zero-order chi connectivity index (χ0) is 23.3. The minimum Gasteiger partial charge on any atom is -0.497 e. The number of carbonyl (C=O) groups excluding carboxylic acids is 3. The van der Waals surface area contributed by atoms with Crippen LogP contribution in [-0.2, 0) is 14.4 Å².